The minimum Gasteiger partial charge on any atom is -0.455 e. The third kappa shape index (κ3) is 4.62. The highest BCUT2D eigenvalue weighted by atomic mass is 16.6. The van der Waals surface area contributed by atoms with Gasteiger partial charge in [0.25, 0.3) is 0 Å². The zero-order chi connectivity index (χ0) is 14.3. The number of esters is 1. The fraction of sp³-hybridized carbons (Fsp3) is 0.824. The summed E-state index contributed by atoms with van der Waals surface area (Å²) in [6.07, 6.45) is 14.0. The Morgan fingerprint density at radius 1 is 1.30 bits per heavy atom. The van der Waals surface area contributed by atoms with Gasteiger partial charge in [0.2, 0.25) is 0 Å². The Labute approximate surface area is 123 Å². The normalized spacial score (nSPS) is 26.9. The smallest absolute Gasteiger partial charge is 0.307 e. The van der Waals surface area contributed by atoms with Crippen LogP contribution in [0.4, 0.5) is 0 Å². The number of rotatable bonds is 7. The molecule has 0 aromatic heterocycles. The molecule has 0 aromatic carbocycles. The zero-order valence-electron chi connectivity index (χ0n) is 12.9. The largest absolute Gasteiger partial charge is 0.455 e. The minimum atomic E-state index is -0.295. The van der Waals surface area contributed by atoms with E-state index in [1.165, 1.54) is 12.8 Å². The van der Waals surface area contributed by atoms with E-state index in [4.69, 9.17) is 4.74 Å². The van der Waals surface area contributed by atoms with E-state index < -0.39 is 0 Å². The van der Waals surface area contributed by atoms with E-state index in [2.05, 4.69) is 24.0 Å². The van der Waals surface area contributed by atoms with E-state index >= 15 is 0 Å². The molecule has 1 aliphatic heterocycles. The number of nitrogens with zero attached hydrogens (tertiary/aromatic N) is 1. The molecule has 1 saturated heterocycles. The van der Waals surface area contributed by atoms with Gasteiger partial charge >= 0.3 is 5.97 Å². The Morgan fingerprint density at radius 2 is 2.10 bits per heavy atom. The van der Waals surface area contributed by atoms with Crippen LogP contribution in [0.2, 0.25) is 0 Å². The first-order chi connectivity index (χ1) is 9.74. The van der Waals surface area contributed by atoms with E-state index in [-0.39, 0.29) is 11.6 Å². The molecule has 1 heterocycles. The standard InChI is InChI=1S/C17H29NO2/c1-2-3-10-17(11-5-4-6-12-17)20-16(19)9-15-18-13-7-8-14-18/h5,11H,2-4,6-10,12-15H2,1H3. The van der Waals surface area contributed by atoms with Crippen LogP contribution in [0.5, 0.6) is 0 Å². The first-order valence-corrected chi connectivity index (χ1v) is 8.36. The summed E-state index contributed by atoms with van der Waals surface area (Å²) in [6, 6.07) is 0. The van der Waals surface area contributed by atoms with Gasteiger partial charge in [0.1, 0.15) is 5.60 Å². The quantitative estimate of drug-likeness (QED) is 0.526. The second-order valence-electron chi connectivity index (χ2n) is 6.24. The summed E-state index contributed by atoms with van der Waals surface area (Å²) < 4.78 is 5.89. The molecule has 0 aromatic rings. The van der Waals surface area contributed by atoms with Gasteiger partial charge in [-0.15, -0.1) is 0 Å². The maximum atomic E-state index is 12.2. The Morgan fingerprint density at radius 3 is 2.75 bits per heavy atom. The highest BCUT2D eigenvalue weighted by Gasteiger charge is 2.32. The fourth-order valence-corrected chi connectivity index (χ4v) is 3.25. The van der Waals surface area contributed by atoms with Crippen molar-refractivity contribution in [1.82, 2.24) is 4.90 Å². The number of unbranched alkanes of at least 4 members (excludes halogenated alkanes) is 1. The summed E-state index contributed by atoms with van der Waals surface area (Å²) in [5.41, 5.74) is -0.295. The third-order valence-electron chi connectivity index (χ3n) is 4.49. The van der Waals surface area contributed by atoms with Gasteiger partial charge in [0.05, 0.1) is 6.42 Å². The summed E-state index contributed by atoms with van der Waals surface area (Å²) in [6.45, 7) is 5.35. The zero-order valence-corrected chi connectivity index (χ0v) is 12.9. The molecule has 1 atom stereocenters. The average molecular weight is 279 g/mol. The SMILES string of the molecule is CCCCC1(OC(=O)CCN2CCCC2)C=CCCC1. The predicted octanol–water partition coefficient (Wildman–Crippen LogP) is 3.68. The molecule has 1 unspecified atom stereocenters. The number of allylic oxidation sites excluding steroid dienone is 1. The molecule has 1 aliphatic carbocycles. The molecule has 3 heteroatoms. The predicted molar refractivity (Wildman–Crippen MR) is 81.6 cm³/mol. The van der Waals surface area contributed by atoms with Gasteiger partial charge in [-0.05, 0) is 64.1 Å². The van der Waals surface area contributed by atoms with Gasteiger partial charge < -0.3 is 9.64 Å². The molecule has 3 nitrogen and oxygen atoms in total. The highest BCUT2D eigenvalue weighted by Crippen LogP contribution is 2.31. The monoisotopic (exact) mass is 279 g/mol. The summed E-state index contributed by atoms with van der Waals surface area (Å²) >= 11 is 0. The maximum absolute atomic E-state index is 12.2. The Kier molecular flexibility index (Phi) is 6.08. The summed E-state index contributed by atoms with van der Waals surface area (Å²) in [7, 11) is 0. The van der Waals surface area contributed by atoms with Crippen molar-refractivity contribution >= 4 is 5.97 Å². The van der Waals surface area contributed by atoms with Crippen molar-refractivity contribution in [2.75, 3.05) is 19.6 Å². The summed E-state index contributed by atoms with van der Waals surface area (Å²) in [4.78, 5) is 14.5. The number of hydrogen-bond acceptors (Lipinski definition) is 3. The van der Waals surface area contributed by atoms with Crippen molar-refractivity contribution in [2.45, 2.75) is 70.3 Å². The van der Waals surface area contributed by atoms with Crippen LogP contribution in [-0.2, 0) is 9.53 Å². The second kappa shape index (κ2) is 7.82. The summed E-state index contributed by atoms with van der Waals surface area (Å²) in [5, 5.41) is 0. The van der Waals surface area contributed by atoms with Crippen LogP contribution in [0.25, 0.3) is 0 Å². The van der Waals surface area contributed by atoms with Crippen LogP contribution in [0, 0.1) is 0 Å². The van der Waals surface area contributed by atoms with E-state index in [0.717, 1.165) is 58.2 Å². The molecule has 0 N–H and O–H groups in total. The lowest BCUT2D eigenvalue weighted by atomic mass is 9.86. The van der Waals surface area contributed by atoms with Crippen molar-refractivity contribution < 1.29 is 9.53 Å². The highest BCUT2D eigenvalue weighted by molar-refractivity contribution is 5.70. The molecule has 2 aliphatic rings. The molecule has 0 saturated carbocycles. The molecule has 0 bridgehead atoms. The summed E-state index contributed by atoms with van der Waals surface area (Å²) in [5.74, 6) is -0.0143. The van der Waals surface area contributed by atoms with Crippen LogP contribution >= 0.6 is 0 Å². The van der Waals surface area contributed by atoms with Crippen molar-refractivity contribution in [3.05, 3.63) is 12.2 Å². The van der Waals surface area contributed by atoms with E-state index in [1.54, 1.807) is 0 Å². The third-order valence-corrected chi connectivity index (χ3v) is 4.49. The molecular weight excluding hydrogens is 250 g/mol. The Bertz CT molecular complexity index is 334. The van der Waals surface area contributed by atoms with Crippen LogP contribution in [0.3, 0.4) is 0 Å². The molecule has 20 heavy (non-hydrogen) atoms. The molecule has 0 amide bonds. The van der Waals surface area contributed by atoms with Gasteiger partial charge in [-0.3, -0.25) is 4.79 Å². The molecule has 114 valence electrons. The van der Waals surface area contributed by atoms with Crippen molar-refractivity contribution in [3.8, 4) is 0 Å². The van der Waals surface area contributed by atoms with E-state index in [0.29, 0.717) is 6.42 Å². The maximum Gasteiger partial charge on any atom is 0.307 e. The average Bonchev–Trinajstić information content (AvgIpc) is 2.97. The first-order valence-electron chi connectivity index (χ1n) is 8.36. The Balaban J connectivity index is 1.81. The number of likely N-dealkylation sites (tertiary alicyclic amines) is 1. The molecular formula is C17H29NO2. The molecule has 1 fully saturated rings. The van der Waals surface area contributed by atoms with E-state index in [9.17, 15) is 4.79 Å². The van der Waals surface area contributed by atoms with Crippen LogP contribution < -0.4 is 0 Å². The van der Waals surface area contributed by atoms with Crippen molar-refractivity contribution in [3.63, 3.8) is 0 Å². The van der Waals surface area contributed by atoms with Gasteiger partial charge in [0, 0.05) is 6.54 Å². The molecule has 0 spiro atoms. The lowest BCUT2D eigenvalue weighted by Gasteiger charge is -2.33. The number of hydrogen-bond donors (Lipinski definition) is 0. The minimum absolute atomic E-state index is 0.0143. The molecule has 2 rings (SSSR count). The van der Waals surface area contributed by atoms with Gasteiger partial charge in [0.15, 0.2) is 0 Å². The number of ether oxygens (including phenoxy) is 1. The Hall–Kier alpha value is -0.830. The van der Waals surface area contributed by atoms with E-state index in [1.807, 2.05) is 0 Å². The van der Waals surface area contributed by atoms with Crippen molar-refractivity contribution in [1.29, 1.82) is 0 Å². The van der Waals surface area contributed by atoms with Crippen LogP contribution in [0.1, 0.15) is 64.7 Å². The first kappa shape index (κ1) is 15.6. The topological polar surface area (TPSA) is 29.5 Å². The van der Waals surface area contributed by atoms with Crippen LogP contribution in [0.15, 0.2) is 12.2 Å². The number of carbonyl (C=O) groups excluding carboxylic acids is 1. The van der Waals surface area contributed by atoms with Gasteiger partial charge in [-0.2, -0.15) is 0 Å². The van der Waals surface area contributed by atoms with Gasteiger partial charge in [-0.1, -0.05) is 19.4 Å². The van der Waals surface area contributed by atoms with Crippen LogP contribution in [-0.4, -0.2) is 36.1 Å². The number of carbonyl (C=O) groups is 1. The van der Waals surface area contributed by atoms with Crippen molar-refractivity contribution in [2.24, 2.45) is 0 Å². The lowest BCUT2D eigenvalue weighted by Crippen LogP contribution is -2.35. The fourth-order valence-electron chi connectivity index (χ4n) is 3.25. The van der Waals surface area contributed by atoms with Gasteiger partial charge in [-0.25, -0.2) is 0 Å². The lowest BCUT2D eigenvalue weighted by molar-refractivity contribution is -0.157. The molecule has 0 radical (unpaired) electrons. The second-order valence-corrected chi connectivity index (χ2v) is 6.24.